The molecule has 1 aromatic heterocycles. The summed E-state index contributed by atoms with van der Waals surface area (Å²) in [7, 11) is 0. The molecular weight excluding hydrogens is 506 g/mol. The van der Waals surface area contributed by atoms with Crippen LogP contribution in [0.4, 0.5) is 0 Å². The van der Waals surface area contributed by atoms with Gasteiger partial charge in [-0.2, -0.15) is 0 Å². The van der Waals surface area contributed by atoms with E-state index in [0.29, 0.717) is 17.5 Å². The minimum absolute atomic E-state index is 0.101. The van der Waals surface area contributed by atoms with E-state index < -0.39 is 0 Å². The van der Waals surface area contributed by atoms with E-state index in [1.165, 1.54) is 20.9 Å². The predicted octanol–water partition coefficient (Wildman–Crippen LogP) is 9.33. The molecule has 0 saturated heterocycles. The zero-order valence-electron chi connectivity index (χ0n) is 22.4. The molecule has 3 nitrogen and oxygen atoms in total. The van der Waals surface area contributed by atoms with Crippen molar-refractivity contribution >= 4 is 11.8 Å². The standard InChI is InChI=1S/C36H27N3S/c1-36(2)29-19-11-12-20-31(29)40-32-22-21-26(23-30(32)36)27-17-9-10-18-28(27)35-38-33(24-13-5-3-6-14-24)37-34(39-35)25-15-7-4-8-16-25/h3-23H,1-2H3. The summed E-state index contributed by atoms with van der Waals surface area (Å²) in [5.74, 6) is 2.00. The fourth-order valence-corrected chi connectivity index (χ4v) is 6.85. The normalized spacial score (nSPS) is 13.3. The molecule has 0 amide bonds. The molecule has 5 aromatic carbocycles. The van der Waals surface area contributed by atoms with Gasteiger partial charge in [-0.05, 0) is 40.5 Å². The van der Waals surface area contributed by atoms with E-state index in [-0.39, 0.29) is 5.41 Å². The number of rotatable bonds is 4. The van der Waals surface area contributed by atoms with Crippen LogP contribution in [0.5, 0.6) is 0 Å². The molecule has 192 valence electrons. The monoisotopic (exact) mass is 533 g/mol. The first kappa shape index (κ1) is 24.5. The van der Waals surface area contributed by atoms with E-state index in [1.54, 1.807) is 0 Å². The predicted molar refractivity (Wildman–Crippen MR) is 164 cm³/mol. The molecule has 0 fully saturated rings. The molecule has 6 aromatic rings. The van der Waals surface area contributed by atoms with Crippen molar-refractivity contribution in [3.8, 4) is 45.3 Å². The first-order chi connectivity index (χ1) is 19.6. The maximum atomic E-state index is 5.01. The number of benzene rings is 5. The third kappa shape index (κ3) is 4.31. The van der Waals surface area contributed by atoms with Gasteiger partial charge in [-0.3, -0.25) is 0 Å². The maximum absolute atomic E-state index is 5.01. The largest absolute Gasteiger partial charge is 0.208 e. The number of fused-ring (bicyclic) bond motifs is 2. The van der Waals surface area contributed by atoms with Gasteiger partial charge >= 0.3 is 0 Å². The second-order valence-electron chi connectivity index (χ2n) is 10.5. The van der Waals surface area contributed by atoms with Crippen molar-refractivity contribution < 1.29 is 0 Å². The van der Waals surface area contributed by atoms with E-state index in [9.17, 15) is 0 Å². The van der Waals surface area contributed by atoms with Crippen LogP contribution in [-0.4, -0.2) is 15.0 Å². The van der Waals surface area contributed by atoms with Crippen molar-refractivity contribution in [2.75, 3.05) is 0 Å². The van der Waals surface area contributed by atoms with Crippen LogP contribution in [0.15, 0.2) is 137 Å². The average Bonchev–Trinajstić information content (AvgIpc) is 3.02. The van der Waals surface area contributed by atoms with Crippen molar-refractivity contribution in [1.82, 2.24) is 15.0 Å². The van der Waals surface area contributed by atoms with Crippen LogP contribution in [0.1, 0.15) is 25.0 Å². The van der Waals surface area contributed by atoms with Gasteiger partial charge in [0.2, 0.25) is 0 Å². The Labute approximate surface area is 239 Å². The van der Waals surface area contributed by atoms with Crippen LogP contribution < -0.4 is 0 Å². The molecule has 0 unspecified atom stereocenters. The van der Waals surface area contributed by atoms with Crippen molar-refractivity contribution in [2.45, 2.75) is 29.1 Å². The molecule has 0 N–H and O–H groups in total. The summed E-state index contributed by atoms with van der Waals surface area (Å²) >= 11 is 1.86. The fraction of sp³-hybridized carbons (Fsp3) is 0.0833. The van der Waals surface area contributed by atoms with Crippen LogP contribution in [0.25, 0.3) is 45.3 Å². The molecule has 0 aliphatic carbocycles. The average molecular weight is 534 g/mol. The number of hydrogen-bond donors (Lipinski definition) is 0. The first-order valence-corrected chi connectivity index (χ1v) is 14.3. The Hall–Kier alpha value is -4.54. The molecular formula is C36H27N3S. The van der Waals surface area contributed by atoms with Crippen LogP contribution in [0.3, 0.4) is 0 Å². The molecule has 1 aliphatic rings. The van der Waals surface area contributed by atoms with E-state index in [0.717, 1.165) is 27.8 Å². The Morgan fingerprint density at radius 1 is 0.450 bits per heavy atom. The van der Waals surface area contributed by atoms with Crippen molar-refractivity contribution in [3.05, 3.63) is 139 Å². The topological polar surface area (TPSA) is 38.7 Å². The minimum atomic E-state index is -0.101. The van der Waals surface area contributed by atoms with Crippen molar-refractivity contribution in [3.63, 3.8) is 0 Å². The highest BCUT2D eigenvalue weighted by Crippen LogP contribution is 2.50. The van der Waals surface area contributed by atoms with E-state index >= 15 is 0 Å². The van der Waals surface area contributed by atoms with Gasteiger partial charge in [0.1, 0.15) is 0 Å². The van der Waals surface area contributed by atoms with Crippen molar-refractivity contribution in [1.29, 1.82) is 0 Å². The Kier molecular flexibility index (Phi) is 6.06. The molecule has 4 heteroatoms. The lowest BCUT2D eigenvalue weighted by Crippen LogP contribution is -2.23. The summed E-state index contributed by atoms with van der Waals surface area (Å²) in [5, 5.41) is 0. The molecule has 1 aliphatic heterocycles. The second-order valence-corrected chi connectivity index (χ2v) is 11.6. The summed E-state index contributed by atoms with van der Waals surface area (Å²) in [6.07, 6.45) is 0. The van der Waals surface area contributed by atoms with Gasteiger partial charge in [-0.25, -0.2) is 15.0 Å². The summed E-state index contributed by atoms with van der Waals surface area (Å²) in [6, 6.07) is 44.3. The van der Waals surface area contributed by atoms with Crippen LogP contribution in [-0.2, 0) is 5.41 Å². The molecule has 7 rings (SSSR count). The van der Waals surface area contributed by atoms with E-state index in [4.69, 9.17) is 15.0 Å². The Morgan fingerprint density at radius 3 is 1.65 bits per heavy atom. The Bertz CT molecular complexity index is 1790. The number of aromatic nitrogens is 3. The smallest absolute Gasteiger partial charge is 0.164 e. The van der Waals surface area contributed by atoms with Crippen LogP contribution in [0.2, 0.25) is 0 Å². The maximum Gasteiger partial charge on any atom is 0.164 e. The molecule has 0 radical (unpaired) electrons. The van der Waals surface area contributed by atoms with Gasteiger partial charge in [0, 0.05) is 31.9 Å². The van der Waals surface area contributed by atoms with Gasteiger partial charge < -0.3 is 0 Å². The minimum Gasteiger partial charge on any atom is -0.208 e. The summed E-state index contributed by atoms with van der Waals surface area (Å²) in [5.41, 5.74) is 7.79. The Morgan fingerprint density at radius 2 is 0.975 bits per heavy atom. The van der Waals surface area contributed by atoms with Gasteiger partial charge in [0.05, 0.1) is 0 Å². The third-order valence-corrected chi connectivity index (χ3v) is 8.76. The highest BCUT2D eigenvalue weighted by atomic mass is 32.2. The van der Waals surface area contributed by atoms with Crippen LogP contribution in [0, 0.1) is 0 Å². The van der Waals surface area contributed by atoms with Gasteiger partial charge in [-0.1, -0.05) is 135 Å². The van der Waals surface area contributed by atoms with Gasteiger partial charge in [-0.15, -0.1) is 0 Å². The third-order valence-electron chi connectivity index (χ3n) is 7.61. The lowest BCUT2D eigenvalue weighted by Gasteiger charge is -2.35. The number of hydrogen-bond acceptors (Lipinski definition) is 4. The molecule has 0 bridgehead atoms. The lowest BCUT2D eigenvalue weighted by molar-refractivity contribution is 0.607. The highest BCUT2D eigenvalue weighted by Gasteiger charge is 2.33. The fourth-order valence-electron chi connectivity index (χ4n) is 5.47. The zero-order valence-corrected chi connectivity index (χ0v) is 23.2. The molecule has 0 spiro atoms. The zero-order chi connectivity index (χ0) is 27.1. The lowest BCUT2D eigenvalue weighted by atomic mass is 9.77. The first-order valence-electron chi connectivity index (χ1n) is 13.5. The van der Waals surface area contributed by atoms with E-state index in [1.807, 2.05) is 72.4 Å². The highest BCUT2D eigenvalue weighted by molar-refractivity contribution is 7.99. The number of nitrogens with zero attached hydrogens (tertiary/aromatic N) is 3. The van der Waals surface area contributed by atoms with Crippen molar-refractivity contribution in [2.24, 2.45) is 0 Å². The molecule has 0 saturated carbocycles. The molecule has 0 atom stereocenters. The van der Waals surface area contributed by atoms with E-state index in [2.05, 4.69) is 80.6 Å². The second kappa shape index (κ2) is 9.89. The SMILES string of the molecule is CC1(C)c2ccccc2Sc2ccc(-c3ccccc3-c3nc(-c4ccccc4)nc(-c4ccccc4)n3)cc21. The summed E-state index contributed by atoms with van der Waals surface area (Å²) in [6.45, 7) is 4.65. The Balaban J connectivity index is 1.39. The summed E-state index contributed by atoms with van der Waals surface area (Å²) in [4.78, 5) is 17.5. The van der Waals surface area contributed by atoms with Crippen LogP contribution >= 0.6 is 11.8 Å². The summed E-state index contributed by atoms with van der Waals surface area (Å²) < 4.78 is 0. The quantitative estimate of drug-likeness (QED) is 0.226. The molecule has 2 heterocycles. The molecule has 40 heavy (non-hydrogen) atoms. The van der Waals surface area contributed by atoms with Gasteiger partial charge in [0.15, 0.2) is 17.5 Å². The van der Waals surface area contributed by atoms with Gasteiger partial charge in [0.25, 0.3) is 0 Å².